The second-order valence-electron chi connectivity index (χ2n) is 6.68. The molecule has 102 valence electrons. The largest absolute Gasteiger partial charge is 1.00 e. The molecule has 1 aromatic carbocycles. The molecule has 0 unspecified atom stereocenters. The van der Waals surface area contributed by atoms with Crippen LogP contribution in [0.1, 0.15) is 52.7 Å². The normalized spacial score (nSPS) is 11.9. The molecule has 1 aromatic rings. The zero-order valence-electron chi connectivity index (χ0n) is 13.7. The zero-order valence-corrected chi connectivity index (χ0v) is 13.7. The molecule has 0 heterocycles. The maximum Gasteiger partial charge on any atom is 1.00 e. The summed E-state index contributed by atoms with van der Waals surface area (Å²) in [4.78, 5) is 0. The van der Waals surface area contributed by atoms with Crippen molar-refractivity contribution in [1.82, 2.24) is 0 Å². The summed E-state index contributed by atoms with van der Waals surface area (Å²) < 4.78 is 10.6. The molecule has 0 saturated heterocycles. The molecular weight excluding hydrogens is 231 g/mol. The topological polar surface area (TPSA) is 18.5 Å². The maximum atomic E-state index is 5.60. The molecule has 0 spiro atoms. The van der Waals surface area contributed by atoms with Gasteiger partial charge in [0.25, 0.3) is 0 Å². The molecule has 3 heteroatoms. The molecule has 0 aromatic heterocycles. The first-order valence-electron chi connectivity index (χ1n) is 6.34. The summed E-state index contributed by atoms with van der Waals surface area (Å²) >= 11 is 0. The fraction of sp³-hybridized carbons (Fsp3) is 0.625. The molecule has 0 atom stereocenters. The van der Waals surface area contributed by atoms with Crippen LogP contribution in [0.3, 0.4) is 0 Å². The Bertz CT molecular complexity index is 400. The predicted octanol–water partition coefficient (Wildman–Crippen LogP) is 1.07. The summed E-state index contributed by atoms with van der Waals surface area (Å²) in [5.41, 5.74) is 2.60. The van der Waals surface area contributed by atoms with Gasteiger partial charge in [0.2, 0.25) is 0 Å². The standard InChI is InChI=1S/C16H25O2.Li/c1-15(2,3)12-8-9-14(18-11-17-7)13(10-12)16(4,5)6;/h8,10H,11H2,1-7H3;/q-1;+1. The first-order chi connectivity index (χ1) is 8.16. The SMILES string of the molecule is COCOc1[c-]cc(C(C)(C)C)cc1C(C)(C)C.[Li+]. The van der Waals surface area contributed by atoms with Crippen LogP contribution in [0.4, 0.5) is 0 Å². The van der Waals surface area contributed by atoms with Crippen LogP contribution >= 0.6 is 0 Å². The fourth-order valence-electron chi connectivity index (χ4n) is 1.71. The fourth-order valence-corrected chi connectivity index (χ4v) is 1.71. The van der Waals surface area contributed by atoms with Gasteiger partial charge in [0, 0.05) is 12.9 Å². The summed E-state index contributed by atoms with van der Waals surface area (Å²) in [6, 6.07) is 7.49. The van der Waals surface area contributed by atoms with E-state index in [4.69, 9.17) is 9.47 Å². The molecule has 0 aliphatic rings. The minimum absolute atomic E-state index is 0. The van der Waals surface area contributed by atoms with Crippen molar-refractivity contribution < 1.29 is 28.3 Å². The van der Waals surface area contributed by atoms with E-state index in [0.717, 1.165) is 5.75 Å². The van der Waals surface area contributed by atoms with Gasteiger partial charge in [0.1, 0.15) is 0 Å². The Morgan fingerprint density at radius 1 is 1.05 bits per heavy atom. The summed E-state index contributed by atoms with van der Waals surface area (Å²) in [6.07, 6.45) is 0. The zero-order chi connectivity index (χ0) is 14.0. The molecule has 0 saturated carbocycles. The van der Waals surface area contributed by atoms with Crippen molar-refractivity contribution in [3.8, 4) is 5.75 Å². The van der Waals surface area contributed by atoms with Crippen LogP contribution in [0.2, 0.25) is 0 Å². The van der Waals surface area contributed by atoms with Gasteiger partial charge in [-0.05, 0) is 0 Å². The van der Waals surface area contributed by atoms with Gasteiger partial charge < -0.3 is 9.47 Å². The Balaban J connectivity index is 0.00000324. The molecule has 0 aliphatic carbocycles. The van der Waals surface area contributed by atoms with Crippen LogP contribution in [-0.2, 0) is 15.6 Å². The molecule has 0 bridgehead atoms. The Morgan fingerprint density at radius 3 is 2.05 bits per heavy atom. The van der Waals surface area contributed by atoms with E-state index in [1.54, 1.807) is 7.11 Å². The van der Waals surface area contributed by atoms with E-state index < -0.39 is 0 Å². The van der Waals surface area contributed by atoms with Gasteiger partial charge in [-0.25, -0.2) is 0 Å². The van der Waals surface area contributed by atoms with E-state index >= 15 is 0 Å². The van der Waals surface area contributed by atoms with E-state index in [-0.39, 0.29) is 36.5 Å². The number of ether oxygens (including phenoxy) is 2. The van der Waals surface area contributed by atoms with E-state index in [2.05, 4.69) is 53.7 Å². The maximum absolute atomic E-state index is 5.60. The Hall–Kier alpha value is -0.423. The summed E-state index contributed by atoms with van der Waals surface area (Å²) in [5.74, 6) is 0.789. The van der Waals surface area contributed by atoms with Crippen molar-refractivity contribution in [2.75, 3.05) is 13.9 Å². The molecule has 0 amide bonds. The van der Waals surface area contributed by atoms with E-state index in [9.17, 15) is 0 Å². The molecular formula is C16H25LiO2. The quantitative estimate of drug-likeness (QED) is 0.457. The van der Waals surface area contributed by atoms with Crippen LogP contribution in [0.25, 0.3) is 0 Å². The van der Waals surface area contributed by atoms with Crippen LogP contribution < -0.4 is 23.6 Å². The van der Waals surface area contributed by atoms with E-state index in [1.165, 1.54) is 11.1 Å². The van der Waals surface area contributed by atoms with Crippen molar-refractivity contribution >= 4 is 0 Å². The molecule has 0 radical (unpaired) electrons. The number of hydrogen-bond acceptors (Lipinski definition) is 2. The number of hydrogen-bond donors (Lipinski definition) is 0. The second kappa shape index (κ2) is 6.84. The van der Waals surface area contributed by atoms with Crippen molar-refractivity contribution in [2.45, 2.75) is 52.4 Å². The molecule has 1 rings (SSSR count). The van der Waals surface area contributed by atoms with Gasteiger partial charge in [0.15, 0.2) is 6.79 Å². The average molecular weight is 256 g/mol. The Morgan fingerprint density at radius 2 is 1.63 bits per heavy atom. The minimum atomic E-state index is 0. The minimum Gasteiger partial charge on any atom is -0.493 e. The van der Waals surface area contributed by atoms with Gasteiger partial charge in [-0.15, -0.1) is 11.6 Å². The number of methoxy groups -OCH3 is 1. The van der Waals surface area contributed by atoms with Crippen LogP contribution in [-0.4, -0.2) is 13.9 Å². The summed E-state index contributed by atoms with van der Waals surface area (Å²) in [7, 11) is 1.63. The van der Waals surface area contributed by atoms with Crippen LogP contribution in [0, 0.1) is 6.07 Å². The van der Waals surface area contributed by atoms with Crippen molar-refractivity contribution in [3.05, 3.63) is 29.3 Å². The van der Waals surface area contributed by atoms with Gasteiger partial charge in [-0.1, -0.05) is 52.4 Å². The third kappa shape index (κ3) is 5.22. The van der Waals surface area contributed by atoms with Gasteiger partial charge in [-0.3, -0.25) is 0 Å². The predicted molar refractivity (Wildman–Crippen MR) is 75.2 cm³/mol. The average Bonchev–Trinajstić information content (AvgIpc) is 2.23. The third-order valence-corrected chi connectivity index (χ3v) is 2.90. The van der Waals surface area contributed by atoms with E-state index in [1.807, 2.05) is 6.07 Å². The van der Waals surface area contributed by atoms with Crippen molar-refractivity contribution in [3.63, 3.8) is 0 Å². The number of benzene rings is 1. The smallest absolute Gasteiger partial charge is 0.493 e. The van der Waals surface area contributed by atoms with Gasteiger partial charge in [0.05, 0.1) is 0 Å². The van der Waals surface area contributed by atoms with Crippen LogP contribution in [0.5, 0.6) is 5.75 Å². The molecule has 0 aliphatic heterocycles. The Kier molecular flexibility index (Phi) is 6.69. The number of rotatable bonds is 3. The monoisotopic (exact) mass is 256 g/mol. The van der Waals surface area contributed by atoms with E-state index in [0.29, 0.717) is 0 Å². The summed E-state index contributed by atoms with van der Waals surface area (Å²) in [6.45, 7) is 13.4. The second-order valence-corrected chi connectivity index (χ2v) is 6.68. The first-order valence-corrected chi connectivity index (χ1v) is 6.34. The summed E-state index contributed by atoms with van der Waals surface area (Å²) in [5, 5.41) is 0. The van der Waals surface area contributed by atoms with Crippen molar-refractivity contribution in [1.29, 1.82) is 0 Å². The van der Waals surface area contributed by atoms with Crippen molar-refractivity contribution in [2.24, 2.45) is 0 Å². The van der Waals surface area contributed by atoms with Crippen LogP contribution in [0.15, 0.2) is 12.1 Å². The first kappa shape index (κ1) is 18.6. The third-order valence-electron chi connectivity index (χ3n) is 2.90. The Labute approximate surface area is 130 Å². The molecule has 2 nitrogen and oxygen atoms in total. The van der Waals surface area contributed by atoms with Gasteiger partial charge in [-0.2, -0.15) is 17.7 Å². The van der Waals surface area contributed by atoms with Gasteiger partial charge >= 0.3 is 18.9 Å². The molecule has 0 fully saturated rings. The molecule has 0 N–H and O–H groups in total. The molecule has 19 heavy (non-hydrogen) atoms.